The monoisotopic (exact) mass is 313 g/mol. The van der Waals surface area contributed by atoms with Gasteiger partial charge in [0.05, 0.1) is 12.8 Å². The van der Waals surface area contributed by atoms with Gasteiger partial charge in [0.25, 0.3) is 5.91 Å². The first kappa shape index (κ1) is 15.2. The highest BCUT2D eigenvalue weighted by Gasteiger charge is 2.34. The van der Waals surface area contributed by atoms with Gasteiger partial charge >= 0.3 is 0 Å². The predicted molar refractivity (Wildman–Crippen MR) is 87.2 cm³/mol. The van der Waals surface area contributed by atoms with Crippen LogP contribution >= 0.6 is 0 Å². The molecule has 0 aliphatic carbocycles. The fourth-order valence-corrected chi connectivity index (χ4v) is 2.84. The topological polar surface area (TPSA) is 59.0 Å². The van der Waals surface area contributed by atoms with Crippen molar-refractivity contribution in [3.8, 4) is 17.2 Å². The molecule has 1 atom stereocenters. The Labute approximate surface area is 135 Å². The van der Waals surface area contributed by atoms with Crippen LogP contribution in [0.15, 0.2) is 42.5 Å². The van der Waals surface area contributed by atoms with Gasteiger partial charge in [0.15, 0.2) is 6.10 Å². The van der Waals surface area contributed by atoms with E-state index >= 15 is 0 Å². The molecule has 1 heterocycles. The normalized spacial score (nSPS) is 16.7. The van der Waals surface area contributed by atoms with E-state index in [0.717, 1.165) is 11.3 Å². The Hall–Kier alpha value is -2.69. The van der Waals surface area contributed by atoms with Crippen LogP contribution in [0.1, 0.15) is 12.5 Å². The van der Waals surface area contributed by atoms with Gasteiger partial charge in [-0.15, -0.1) is 0 Å². The fraction of sp³-hybridized carbons (Fsp3) is 0.278. The van der Waals surface area contributed by atoms with Crippen molar-refractivity contribution in [2.24, 2.45) is 0 Å². The maximum Gasteiger partial charge on any atom is 0.268 e. The van der Waals surface area contributed by atoms with Gasteiger partial charge < -0.3 is 19.5 Å². The smallest absolute Gasteiger partial charge is 0.268 e. The number of para-hydroxylation sites is 1. The molecule has 0 saturated carbocycles. The summed E-state index contributed by atoms with van der Waals surface area (Å²) in [6.07, 6.45) is -0.178. The van der Waals surface area contributed by atoms with Crippen LogP contribution in [0.5, 0.6) is 17.2 Å². The molecule has 23 heavy (non-hydrogen) atoms. The molecule has 5 nitrogen and oxygen atoms in total. The number of hydrogen-bond donors (Lipinski definition) is 1. The number of ether oxygens (including phenoxy) is 2. The van der Waals surface area contributed by atoms with Gasteiger partial charge in [-0.2, -0.15) is 0 Å². The van der Waals surface area contributed by atoms with Crippen molar-refractivity contribution in [1.29, 1.82) is 0 Å². The molecule has 1 N–H and O–H groups in total. The van der Waals surface area contributed by atoms with E-state index in [-0.39, 0.29) is 11.7 Å². The van der Waals surface area contributed by atoms with Crippen LogP contribution in [-0.4, -0.2) is 30.8 Å². The first-order chi connectivity index (χ1) is 11.1. The van der Waals surface area contributed by atoms with E-state index in [4.69, 9.17) is 9.47 Å². The summed E-state index contributed by atoms with van der Waals surface area (Å²) in [6, 6.07) is 12.4. The van der Waals surface area contributed by atoms with Crippen LogP contribution < -0.4 is 14.4 Å². The van der Waals surface area contributed by atoms with E-state index in [9.17, 15) is 9.90 Å². The van der Waals surface area contributed by atoms with Crippen molar-refractivity contribution in [2.75, 3.05) is 18.6 Å². The lowest BCUT2D eigenvalue weighted by atomic mass is 10.0. The van der Waals surface area contributed by atoms with Gasteiger partial charge in [-0.1, -0.05) is 18.2 Å². The number of amides is 1. The lowest BCUT2D eigenvalue weighted by Gasteiger charge is -2.34. The molecule has 1 unspecified atom stereocenters. The van der Waals surface area contributed by atoms with E-state index in [1.165, 1.54) is 0 Å². The minimum Gasteiger partial charge on any atom is -0.508 e. The first-order valence-electron chi connectivity index (χ1n) is 7.57. The summed E-state index contributed by atoms with van der Waals surface area (Å²) in [6.45, 7) is 2.41. The molecule has 0 fully saturated rings. The number of hydrogen-bond acceptors (Lipinski definition) is 4. The van der Waals surface area contributed by atoms with Crippen LogP contribution in [0.2, 0.25) is 0 Å². The third-order valence-electron chi connectivity index (χ3n) is 3.96. The molecule has 0 aromatic heterocycles. The average Bonchev–Trinajstić information content (AvgIpc) is 2.56. The molecule has 3 rings (SSSR count). The molecule has 0 spiro atoms. The van der Waals surface area contributed by atoms with Crippen LogP contribution in [0.3, 0.4) is 0 Å². The quantitative estimate of drug-likeness (QED) is 0.943. The first-order valence-corrected chi connectivity index (χ1v) is 7.57. The molecule has 5 heteroatoms. The van der Waals surface area contributed by atoms with Gasteiger partial charge in [0, 0.05) is 19.0 Å². The van der Waals surface area contributed by atoms with Crippen molar-refractivity contribution in [2.45, 2.75) is 19.4 Å². The zero-order valence-electron chi connectivity index (χ0n) is 13.2. The summed E-state index contributed by atoms with van der Waals surface area (Å²) in [5, 5.41) is 9.65. The number of anilines is 1. The van der Waals surface area contributed by atoms with Gasteiger partial charge in [-0.25, -0.2) is 0 Å². The van der Waals surface area contributed by atoms with Crippen molar-refractivity contribution < 1.29 is 19.4 Å². The molecule has 1 aliphatic rings. The molecule has 1 aliphatic heterocycles. The highest BCUT2D eigenvalue weighted by Crippen LogP contribution is 2.37. The SMILES string of the molecule is CCN1C(=O)C(Cc2ccccc2OC)Oc2ccc(O)cc21. The van der Waals surface area contributed by atoms with Crippen molar-refractivity contribution in [1.82, 2.24) is 0 Å². The van der Waals surface area contributed by atoms with Crippen LogP contribution in [0, 0.1) is 0 Å². The van der Waals surface area contributed by atoms with E-state index in [1.807, 2.05) is 31.2 Å². The minimum atomic E-state index is -0.608. The zero-order chi connectivity index (χ0) is 16.4. The second-order valence-corrected chi connectivity index (χ2v) is 5.36. The maximum absolute atomic E-state index is 12.7. The summed E-state index contributed by atoms with van der Waals surface area (Å²) in [7, 11) is 1.61. The van der Waals surface area contributed by atoms with E-state index < -0.39 is 6.10 Å². The third-order valence-corrected chi connectivity index (χ3v) is 3.96. The average molecular weight is 313 g/mol. The molecule has 1 amide bonds. The highest BCUT2D eigenvalue weighted by molar-refractivity contribution is 6.00. The Morgan fingerprint density at radius 1 is 1.26 bits per heavy atom. The molecular formula is C18H19NO4. The van der Waals surface area contributed by atoms with Gasteiger partial charge in [-0.3, -0.25) is 4.79 Å². The number of benzene rings is 2. The second kappa shape index (κ2) is 6.20. The van der Waals surface area contributed by atoms with Crippen molar-refractivity contribution in [3.05, 3.63) is 48.0 Å². The summed E-state index contributed by atoms with van der Waals surface area (Å²) in [4.78, 5) is 14.4. The number of phenolic OH excluding ortho intramolecular Hbond substituents is 1. The Morgan fingerprint density at radius 2 is 2.04 bits per heavy atom. The Morgan fingerprint density at radius 3 is 2.78 bits per heavy atom. The minimum absolute atomic E-state index is 0.113. The number of likely N-dealkylation sites (N-methyl/N-ethyl adjacent to an activating group) is 1. The summed E-state index contributed by atoms with van der Waals surface area (Å²) >= 11 is 0. The molecule has 0 radical (unpaired) electrons. The molecule has 120 valence electrons. The molecular weight excluding hydrogens is 294 g/mol. The maximum atomic E-state index is 12.7. The molecule has 2 aromatic rings. The predicted octanol–water partition coefficient (Wildman–Crippen LogP) is 2.76. The number of methoxy groups -OCH3 is 1. The summed E-state index contributed by atoms with van der Waals surface area (Å²) in [5.74, 6) is 1.34. The fourth-order valence-electron chi connectivity index (χ4n) is 2.84. The number of aromatic hydroxyl groups is 1. The van der Waals surface area contributed by atoms with E-state index in [2.05, 4.69) is 0 Å². The lowest BCUT2D eigenvalue weighted by Crippen LogP contribution is -2.46. The number of carbonyl (C=O) groups excluding carboxylic acids is 1. The highest BCUT2D eigenvalue weighted by atomic mass is 16.5. The van der Waals surface area contributed by atoms with Crippen LogP contribution in [0.4, 0.5) is 5.69 Å². The van der Waals surface area contributed by atoms with Crippen molar-refractivity contribution in [3.63, 3.8) is 0 Å². The van der Waals surface area contributed by atoms with Crippen molar-refractivity contribution >= 4 is 11.6 Å². The largest absolute Gasteiger partial charge is 0.508 e. The van der Waals surface area contributed by atoms with Gasteiger partial charge in [-0.05, 0) is 30.7 Å². The summed E-state index contributed by atoms with van der Waals surface area (Å²) < 4.78 is 11.2. The molecule has 0 bridgehead atoms. The van der Waals surface area contributed by atoms with Gasteiger partial charge in [0.1, 0.15) is 17.2 Å². The number of fused-ring (bicyclic) bond motifs is 1. The summed E-state index contributed by atoms with van der Waals surface area (Å²) in [5.41, 5.74) is 1.53. The number of carbonyl (C=O) groups is 1. The molecule has 2 aromatic carbocycles. The lowest BCUT2D eigenvalue weighted by molar-refractivity contribution is -0.126. The Balaban J connectivity index is 1.92. The number of nitrogens with zero attached hydrogens (tertiary/aromatic N) is 1. The Kier molecular flexibility index (Phi) is 4.10. The van der Waals surface area contributed by atoms with E-state index in [1.54, 1.807) is 30.2 Å². The van der Waals surface area contributed by atoms with Crippen LogP contribution in [0.25, 0.3) is 0 Å². The Bertz CT molecular complexity index is 729. The number of phenols is 1. The zero-order valence-corrected chi connectivity index (χ0v) is 13.2. The van der Waals surface area contributed by atoms with Gasteiger partial charge in [0.2, 0.25) is 0 Å². The molecule has 0 saturated heterocycles. The number of rotatable bonds is 4. The van der Waals surface area contributed by atoms with E-state index in [0.29, 0.717) is 24.4 Å². The second-order valence-electron chi connectivity index (χ2n) is 5.36. The van der Waals surface area contributed by atoms with Crippen LogP contribution in [-0.2, 0) is 11.2 Å². The standard InChI is InChI=1S/C18H19NO4/c1-3-19-14-11-13(20)8-9-16(14)23-17(18(19)21)10-12-6-4-5-7-15(12)22-2/h4-9,11,17,20H,3,10H2,1-2H3. The third kappa shape index (κ3) is 2.82.